The maximum absolute atomic E-state index is 12.2. The van der Waals surface area contributed by atoms with Crippen LogP contribution in [-0.2, 0) is 7.05 Å². The topological polar surface area (TPSA) is 72.9 Å². The average molecular weight is 278 g/mol. The van der Waals surface area contributed by atoms with Crippen LogP contribution in [0.4, 0.5) is 5.82 Å². The second kappa shape index (κ2) is 5.85. The fourth-order valence-electron chi connectivity index (χ4n) is 3.43. The lowest BCUT2D eigenvalue weighted by molar-refractivity contribution is 0.0922. The monoisotopic (exact) mass is 278 g/mol. The first-order valence-corrected chi connectivity index (χ1v) is 7.49. The molecular weight excluding hydrogens is 252 g/mol. The second-order valence-electron chi connectivity index (χ2n) is 6.55. The van der Waals surface area contributed by atoms with E-state index in [-0.39, 0.29) is 11.3 Å². The van der Waals surface area contributed by atoms with Gasteiger partial charge in [-0.1, -0.05) is 26.7 Å². The summed E-state index contributed by atoms with van der Waals surface area (Å²) in [4.78, 5) is 12.2. The molecule has 1 saturated carbocycles. The Bertz CT molecular complexity index is 472. The van der Waals surface area contributed by atoms with Gasteiger partial charge in [0.05, 0.1) is 6.20 Å². The first kappa shape index (κ1) is 14.9. The number of amides is 1. The van der Waals surface area contributed by atoms with E-state index >= 15 is 0 Å². The lowest BCUT2D eigenvalue weighted by Gasteiger charge is -2.31. The average Bonchev–Trinajstić information content (AvgIpc) is 2.96. The minimum atomic E-state index is -0.106. The molecule has 112 valence electrons. The number of aryl methyl sites for hydroxylation is 1. The van der Waals surface area contributed by atoms with E-state index in [0.29, 0.717) is 17.3 Å². The summed E-state index contributed by atoms with van der Waals surface area (Å²) in [5.41, 5.74) is 6.60. The van der Waals surface area contributed by atoms with Crippen molar-refractivity contribution in [1.82, 2.24) is 15.1 Å². The highest BCUT2D eigenvalue weighted by molar-refractivity contribution is 5.98. The van der Waals surface area contributed by atoms with E-state index in [0.717, 1.165) is 6.54 Å². The van der Waals surface area contributed by atoms with Crippen molar-refractivity contribution in [3.8, 4) is 0 Å². The van der Waals surface area contributed by atoms with E-state index in [1.165, 1.54) is 43.0 Å². The summed E-state index contributed by atoms with van der Waals surface area (Å²) >= 11 is 0. The maximum Gasteiger partial charge on any atom is 0.256 e. The Morgan fingerprint density at radius 3 is 2.65 bits per heavy atom. The SMILES string of the molecule is CC(C)CC1(CNC(=O)c2cnn(C)c2N)CCCC1. The Kier molecular flexibility index (Phi) is 4.35. The molecule has 1 aromatic heterocycles. The highest BCUT2D eigenvalue weighted by Gasteiger charge is 2.34. The molecule has 5 nitrogen and oxygen atoms in total. The fraction of sp³-hybridized carbons (Fsp3) is 0.733. The van der Waals surface area contributed by atoms with Gasteiger partial charge in [-0.15, -0.1) is 0 Å². The standard InChI is InChI=1S/C15H26N4O/c1-11(2)8-15(6-4-5-7-15)10-17-14(20)12-9-18-19(3)13(12)16/h9,11H,4-8,10,16H2,1-3H3,(H,17,20). The molecule has 0 aromatic carbocycles. The summed E-state index contributed by atoms with van der Waals surface area (Å²) in [7, 11) is 1.74. The van der Waals surface area contributed by atoms with Gasteiger partial charge in [0, 0.05) is 13.6 Å². The number of carbonyl (C=O) groups is 1. The molecule has 1 heterocycles. The van der Waals surface area contributed by atoms with Gasteiger partial charge in [0.2, 0.25) is 0 Å². The summed E-state index contributed by atoms with van der Waals surface area (Å²) in [6.45, 7) is 5.25. The lowest BCUT2D eigenvalue weighted by atomic mass is 9.78. The zero-order valence-electron chi connectivity index (χ0n) is 12.8. The van der Waals surface area contributed by atoms with Gasteiger partial charge in [0.1, 0.15) is 11.4 Å². The molecule has 0 bridgehead atoms. The third-order valence-electron chi connectivity index (χ3n) is 4.36. The normalized spacial score (nSPS) is 17.6. The molecule has 2 rings (SSSR count). The molecule has 0 atom stereocenters. The quantitative estimate of drug-likeness (QED) is 0.868. The molecule has 1 amide bonds. The van der Waals surface area contributed by atoms with Crippen molar-refractivity contribution in [1.29, 1.82) is 0 Å². The Labute approximate surface area is 120 Å². The van der Waals surface area contributed by atoms with Crippen molar-refractivity contribution in [2.45, 2.75) is 46.0 Å². The molecule has 20 heavy (non-hydrogen) atoms. The molecule has 0 spiro atoms. The molecular formula is C15H26N4O. The van der Waals surface area contributed by atoms with Gasteiger partial charge < -0.3 is 11.1 Å². The number of nitrogen functional groups attached to an aromatic ring is 1. The predicted molar refractivity (Wildman–Crippen MR) is 80.3 cm³/mol. The Morgan fingerprint density at radius 2 is 2.15 bits per heavy atom. The molecule has 1 aromatic rings. The molecule has 1 fully saturated rings. The Balaban J connectivity index is 1.99. The molecule has 5 heteroatoms. The van der Waals surface area contributed by atoms with Crippen LogP contribution in [0.1, 0.15) is 56.3 Å². The van der Waals surface area contributed by atoms with Gasteiger partial charge in [-0.3, -0.25) is 9.48 Å². The smallest absolute Gasteiger partial charge is 0.256 e. The number of hydrogen-bond donors (Lipinski definition) is 2. The number of nitrogens with zero attached hydrogens (tertiary/aromatic N) is 2. The molecule has 3 N–H and O–H groups in total. The zero-order chi connectivity index (χ0) is 14.8. The lowest BCUT2D eigenvalue weighted by Crippen LogP contribution is -2.37. The Hall–Kier alpha value is -1.52. The van der Waals surface area contributed by atoms with E-state index in [1.54, 1.807) is 7.05 Å². The van der Waals surface area contributed by atoms with Crippen LogP contribution in [-0.4, -0.2) is 22.2 Å². The van der Waals surface area contributed by atoms with E-state index in [2.05, 4.69) is 24.3 Å². The fourth-order valence-corrected chi connectivity index (χ4v) is 3.43. The maximum atomic E-state index is 12.2. The third-order valence-corrected chi connectivity index (χ3v) is 4.36. The minimum absolute atomic E-state index is 0.106. The number of nitrogens with two attached hydrogens (primary N) is 1. The van der Waals surface area contributed by atoms with Gasteiger partial charge in [0.25, 0.3) is 5.91 Å². The van der Waals surface area contributed by atoms with Crippen LogP contribution < -0.4 is 11.1 Å². The molecule has 1 aliphatic rings. The summed E-state index contributed by atoms with van der Waals surface area (Å²) < 4.78 is 1.52. The summed E-state index contributed by atoms with van der Waals surface area (Å²) in [5, 5.41) is 7.08. The zero-order valence-corrected chi connectivity index (χ0v) is 12.8. The van der Waals surface area contributed by atoms with Crippen LogP contribution in [0.5, 0.6) is 0 Å². The van der Waals surface area contributed by atoms with Gasteiger partial charge in [-0.2, -0.15) is 5.10 Å². The number of rotatable bonds is 5. The Morgan fingerprint density at radius 1 is 1.50 bits per heavy atom. The number of anilines is 1. The van der Waals surface area contributed by atoms with Crippen molar-refractivity contribution in [2.75, 3.05) is 12.3 Å². The van der Waals surface area contributed by atoms with E-state index < -0.39 is 0 Å². The van der Waals surface area contributed by atoms with Gasteiger partial charge in [0.15, 0.2) is 0 Å². The second-order valence-corrected chi connectivity index (χ2v) is 6.55. The van der Waals surface area contributed by atoms with Crippen molar-refractivity contribution < 1.29 is 4.79 Å². The van der Waals surface area contributed by atoms with Crippen LogP contribution in [0.15, 0.2) is 6.20 Å². The van der Waals surface area contributed by atoms with Crippen molar-refractivity contribution in [2.24, 2.45) is 18.4 Å². The molecule has 0 unspecified atom stereocenters. The first-order chi connectivity index (χ1) is 9.43. The number of aromatic nitrogens is 2. The van der Waals surface area contributed by atoms with Crippen LogP contribution in [0.3, 0.4) is 0 Å². The minimum Gasteiger partial charge on any atom is -0.383 e. The van der Waals surface area contributed by atoms with Gasteiger partial charge in [-0.25, -0.2) is 0 Å². The predicted octanol–water partition coefficient (Wildman–Crippen LogP) is 2.34. The summed E-state index contributed by atoms with van der Waals surface area (Å²) in [6.07, 6.45) is 7.70. The van der Waals surface area contributed by atoms with E-state index in [1.807, 2.05) is 0 Å². The van der Waals surface area contributed by atoms with Crippen LogP contribution in [0.25, 0.3) is 0 Å². The van der Waals surface area contributed by atoms with Crippen LogP contribution in [0, 0.1) is 11.3 Å². The largest absolute Gasteiger partial charge is 0.383 e. The molecule has 0 radical (unpaired) electrons. The third kappa shape index (κ3) is 3.14. The summed E-state index contributed by atoms with van der Waals surface area (Å²) in [6, 6.07) is 0. The highest BCUT2D eigenvalue weighted by atomic mass is 16.1. The van der Waals surface area contributed by atoms with Crippen molar-refractivity contribution in [3.05, 3.63) is 11.8 Å². The van der Waals surface area contributed by atoms with Gasteiger partial charge in [-0.05, 0) is 30.6 Å². The van der Waals surface area contributed by atoms with Crippen LogP contribution in [0.2, 0.25) is 0 Å². The number of hydrogen-bond acceptors (Lipinski definition) is 3. The summed E-state index contributed by atoms with van der Waals surface area (Å²) in [5.74, 6) is 0.978. The number of nitrogens with one attached hydrogen (secondary N) is 1. The van der Waals surface area contributed by atoms with Crippen molar-refractivity contribution >= 4 is 11.7 Å². The highest BCUT2D eigenvalue weighted by Crippen LogP contribution is 2.42. The van der Waals surface area contributed by atoms with Crippen LogP contribution >= 0.6 is 0 Å². The molecule has 0 saturated heterocycles. The van der Waals surface area contributed by atoms with Gasteiger partial charge >= 0.3 is 0 Å². The molecule has 1 aliphatic carbocycles. The van der Waals surface area contributed by atoms with E-state index in [4.69, 9.17) is 5.73 Å². The first-order valence-electron chi connectivity index (χ1n) is 7.49. The number of carbonyl (C=O) groups excluding carboxylic acids is 1. The van der Waals surface area contributed by atoms with E-state index in [9.17, 15) is 4.79 Å². The van der Waals surface area contributed by atoms with Crippen molar-refractivity contribution in [3.63, 3.8) is 0 Å². The molecule has 0 aliphatic heterocycles.